The molecule has 10 heavy (non-hydrogen) atoms. The van der Waals surface area contributed by atoms with Crippen LogP contribution in [0.2, 0.25) is 0 Å². The van der Waals surface area contributed by atoms with Crippen molar-refractivity contribution in [3.8, 4) is 0 Å². The van der Waals surface area contributed by atoms with Crippen LogP contribution < -0.4 is 0 Å². The molecular formula is C10H10. The zero-order valence-corrected chi connectivity index (χ0v) is 5.77. The van der Waals surface area contributed by atoms with Crippen LogP contribution in [-0.4, -0.2) is 0 Å². The van der Waals surface area contributed by atoms with Gasteiger partial charge in [0.1, 0.15) is 0 Å². The van der Waals surface area contributed by atoms with Crippen LogP contribution in [0.5, 0.6) is 0 Å². The topological polar surface area (TPSA) is 0 Å². The van der Waals surface area contributed by atoms with Crippen LogP contribution in [0.4, 0.5) is 0 Å². The van der Waals surface area contributed by atoms with Crippen LogP contribution in [0.1, 0.15) is 0 Å². The van der Waals surface area contributed by atoms with Crippen LogP contribution in [-0.2, 0) is 0 Å². The average Bonchev–Trinajstić information content (AvgIpc) is 1.89. The Bertz CT molecular complexity index is 190. The molecule has 50 valence electrons. The van der Waals surface area contributed by atoms with Crippen molar-refractivity contribution < 1.29 is 0 Å². The first kappa shape index (κ1) is 5.72. The van der Waals surface area contributed by atoms with E-state index in [9.17, 15) is 0 Å². The Morgan fingerprint density at radius 2 is 0.900 bits per heavy atom. The fourth-order valence-corrected chi connectivity index (χ4v) is 1.28. The molecule has 0 N–H and O–H groups in total. The molecule has 0 aliphatic heterocycles. The number of hydrogen-bond donors (Lipinski definition) is 0. The first-order chi connectivity index (χ1) is 4.95. The Hall–Kier alpha value is -1.04. The van der Waals surface area contributed by atoms with Crippen molar-refractivity contribution in [2.24, 2.45) is 11.8 Å². The first-order valence-electron chi connectivity index (χ1n) is 3.67. The Morgan fingerprint density at radius 1 is 0.500 bits per heavy atom. The third-order valence-corrected chi connectivity index (χ3v) is 1.89. The van der Waals surface area contributed by atoms with Gasteiger partial charge in [0.15, 0.2) is 0 Å². The molecule has 0 aromatic heterocycles. The second kappa shape index (κ2) is 2.30. The van der Waals surface area contributed by atoms with Crippen molar-refractivity contribution in [2.75, 3.05) is 0 Å². The molecule has 0 atom stereocenters. The minimum absolute atomic E-state index is 0.543. The van der Waals surface area contributed by atoms with Crippen molar-refractivity contribution in [3.05, 3.63) is 48.6 Å². The highest BCUT2D eigenvalue weighted by atomic mass is 14.1. The van der Waals surface area contributed by atoms with E-state index < -0.39 is 0 Å². The number of allylic oxidation sites excluding steroid dienone is 8. The SMILES string of the molecule is C1=CC2C=CC(C=C1)C=C2. The Morgan fingerprint density at radius 3 is 1.30 bits per heavy atom. The Balaban J connectivity index is 2.38. The van der Waals surface area contributed by atoms with Gasteiger partial charge in [-0.1, -0.05) is 48.6 Å². The normalized spacial score (nSPS) is 34.4. The highest BCUT2D eigenvalue weighted by molar-refractivity contribution is 5.27. The zero-order valence-electron chi connectivity index (χ0n) is 5.77. The quantitative estimate of drug-likeness (QED) is 0.442. The smallest absolute Gasteiger partial charge is 0.0131 e. The van der Waals surface area contributed by atoms with Crippen molar-refractivity contribution >= 4 is 0 Å². The third kappa shape index (κ3) is 0.971. The molecule has 0 spiro atoms. The van der Waals surface area contributed by atoms with Gasteiger partial charge in [-0.25, -0.2) is 0 Å². The summed E-state index contributed by atoms with van der Waals surface area (Å²) in [5.41, 5.74) is 0. The predicted molar refractivity (Wildman–Crippen MR) is 43.5 cm³/mol. The van der Waals surface area contributed by atoms with Crippen LogP contribution in [0.3, 0.4) is 0 Å². The lowest BCUT2D eigenvalue weighted by Gasteiger charge is -2.12. The third-order valence-electron chi connectivity index (χ3n) is 1.89. The lowest BCUT2D eigenvalue weighted by atomic mass is 9.93. The van der Waals surface area contributed by atoms with E-state index in [-0.39, 0.29) is 0 Å². The molecule has 0 aromatic carbocycles. The number of fused-ring (bicyclic) bond motifs is 1. The Labute approximate surface area is 61.3 Å². The summed E-state index contributed by atoms with van der Waals surface area (Å²) >= 11 is 0. The largest absolute Gasteiger partial charge is 0.0769 e. The van der Waals surface area contributed by atoms with E-state index in [1.165, 1.54) is 0 Å². The lowest BCUT2D eigenvalue weighted by molar-refractivity contribution is 0.929. The van der Waals surface area contributed by atoms with E-state index in [0.717, 1.165) is 0 Å². The molecule has 3 aliphatic carbocycles. The van der Waals surface area contributed by atoms with Gasteiger partial charge < -0.3 is 0 Å². The molecule has 0 heteroatoms. The maximum absolute atomic E-state index is 2.24. The molecule has 0 amide bonds. The standard InChI is InChI=1S/C10H10/c1-2-4-10-7-5-9(3-1)6-8-10/h1-10H. The van der Waals surface area contributed by atoms with E-state index in [1.807, 2.05) is 0 Å². The summed E-state index contributed by atoms with van der Waals surface area (Å²) in [6, 6.07) is 0. The molecular weight excluding hydrogens is 120 g/mol. The van der Waals surface area contributed by atoms with Crippen molar-refractivity contribution in [3.63, 3.8) is 0 Å². The number of rotatable bonds is 0. The van der Waals surface area contributed by atoms with Gasteiger partial charge >= 0.3 is 0 Å². The van der Waals surface area contributed by atoms with E-state index >= 15 is 0 Å². The van der Waals surface area contributed by atoms with Crippen molar-refractivity contribution in [1.29, 1.82) is 0 Å². The van der Waals surface area contributed by atoms with Gasteiger partial charge in [-0.05, 0) is 0 Å². The van der Waals surface area contributed by atoms with Gasteiger partial charge in [-0.15, -0.1) is 0 Å². The van der Waals surface area contributed by atoms with Crippen LogP contribution >= 0.6 is 0 Å². The molecule has 0 saturated heterocycles. The Kier molecular flexibility index (Phi) is 1.31. The fourth-order valence-electron chi connectivity index (χ4n) is 1.28. The monoisotopic (exact) mass is 130 g/mol. The molecule has 0 unspecified atom stereocenters. The van der Waals surface area contributed by atoms with E-state index in [0.29, 0.717) is 11.8 Å². The van der Waals surface area contributed by atoms with Gasteiger partial charge in [0.05, 0.1) is 0 Å². The summed E-state index contributed by atoms with van der Waals surface area (Å²) < 4.78 is 0. The van der Waals surface area contributed by atoms with E-state index in [4.69, 9.17) is 0 Å². The minimum Gasteiger partial charge on any atom is -0.0769 e. The van der Waals surface area contributed by atoms with Crippen LogP contribution in [0.15, 0.2) is 48.6 Å². The van der Waals surface area contributed by atoms with Crippen LogP contribution in [0.25, 0.3) is 0 Å². The molecule has 0 fully saturated rings. The van der Waals surface area contributed by atoms with E-state index in [1.54, 1.807) is 0 Å². The predicted octanol–water partition coefficient (Wildman–Crippen LogP) is 2.47. The molecule has 0 saturated carbocycles. The fraction of sp³-hybridized carbons (Fsp3) is 0.200. The van der Waals surface area contributed by atoms with Crippen molar-refractivity contribution in [2.45, 2.75) is 0 Å². The molecule has 0 radical (unpaired) electrons. The number of hydrogen-bond acceptors (Lipinski definition) is 0. The summed E-state index contributed by atoms with van der Waals surface area (Å²) in [4.78, 5) is 0. The summed E-state index contributed by atoms with van der Waals surface area (Å²) in [5, 5.41) is 0. The minimum atomic E-state index is 0.543. The second-order valence-electron chi connectivity index (χ2n) is 2.69. The highest BCUT2D eigenvalue weighted by Crippen LogP contribution is 2.18. The van der Waals surface area contributed by atoms with Crippen molar-refractivity contribution in [1.82, 2.24) is 0 Å². The molecule has 3 aliphatic rings. The highest BCUT2D eigenvalue weighted by Gasteiger charge is 2.04. The average molecular weight is 130 g/mol. The van der Waals surface area contributed by atoms with E-state index in [2.05, 4.69) is 48.6 Å². The van der Waals surface area contributed by atoms with Gasteiger partial charge in [-0.3, -0.25) is 0 Å². The molecule has 0 heterocycles. The zero-order chi connectivity index (χ0) is 6.81. The van der Waals surface area contributed by atoms with Gasteiger partial charge in [0.25, 0.3) is 0 Å². The maximum atomic E-state index is 2.24. The second-order valence-corrected chi connectivity index (χ2v) is 2.69. The molecule has 0 nitrogen and oxygen atoms in total. The lowest BCUT2D eigenvalue weighted by Crippen LogP contribution is -1.98. The first-order valence-corrected chi connectivity index (χ1v) is 3.67. The molecule has 0 aromatic rings. The molecule has 2 bridgehead atoms. The summed E-state index contributed by atoms with van der Waals surface area (Å²) in [6.45, 7) is 0. The van der Waals surface area contributed by atoms with Gasteiger partial charge in [0, 0.05) is 11.8 Å². The summed E-state index contributed by atoms with van der Waals surface area (Å²) in [5.74, 6) is 1.09. The maximum Gasteiger partial charge on any atom is 0.0131 e. The van der Waals surface area contributed by atoms with Gasteiger partial charge in [0.2, 0.25) is 0 Å². The molecule has 3 rings (SSSR count). The summed E-state index contributed by atoms with van der Waals surface area (Å²) in [6.07, 6.45) is 17.6. The van der Waals surface area contributed by atoms with Crippen LogP contribution in [0, 0.1) is 11.8 Å². The van der Waals surface area contributed by atoms with Gasteiger partial charge in [-0.2, -0.15) is 0 Å². The summed E-state index contributed by atoms with van der Waals surface area (Å²) in [7, 11) is 0.